The summed E-state index contributed by atoms with van der Waals surface area (Å²) in [6, 6.07) is 9.40. The number of ether oxygens (including phenoxy) is 1. The van der Waals surface area contributed by atoms with Crippen molar-refractivity contribution in [2.75, 3.05) is 6.61 Å². The highest BCUT2D eigenvalue weighted by Crippen LogP contribution is 1.98. The average molecular weight is 249 g/mol. The topological polar surface area (TPSA) is 64.6 Å². The van der Waals surface area contributed by atoms with Gasteiger partial charge in [0.15, 0.2) is 0 Å². The van der Waals surface area contributed by atoms with Crippen LogP contribution in [0.25, 0.3) is 0 Å². The number of carbonyl (C=O) groups is 2. The average Bonchev–Trinajstić information content (AvgIpc) is 2.38. The van der Waals surface area contributed by atoms with Crippen LogP contribution in [0.3, 0.4) is 0 Å². The summed E-state index contributed by atoms with van der Waals surface area (Å²) in [5, 5.41) is 0. The predicted octanol–water partition coefficient (Wildman–Crippen LogP) is 1.35. The van der Waals surface area contributed by atoms with Crippen LogP contribution in [-0.4, -0.2) is 18.5 Å². The monoisotopic (exact) mass is 249 g/mol. The van der Waals surface area contributed by atoms with Crippen LogP contribution in [0.15, 0.2) is 42.5 Å². The zero-order valence-electron chi connectivity index (χ0n) is 10.1. The van der Waals surface area contributed by atoms with E-state index in [4.69, 9.17) is 4.84 Å². The number of esters is 1. The molecule has 0 saturated heterocycles. The molecule has 0 bridgehead atoms. The summed E-state index contributed by atoms with van der Waals surface area (Å²) in [5.74, 6) is -1.07. The molecule has 1 aromatic rings. The third-order valence-electron chi connectivity index (χ3n) is 1.91. The smallest absolute Gasteiger partial charge is 0.330 e. The molecule has 1 rings (SSSR count). The van der Waals surface area contributed by atoms with E-state index < -0.39 is 11.9 Å². The van der Waals surface area contributed by atoms with Crippen molar-refractivity contribution in [1.82, 2.24) is 5.48 Å². The van der Waals surface area contributed by atoms with Gasteiger partial charge < -0.3 is 4.74 Å². The summed E-state index contributed by atoms with van der Waals surface area (Å²) in [4.78, 5) is 27.1. The van der Waals surface area contributed by atoms with E-state index in [1.807, 2.05) is 30.3 Å². The zero-order valence-corrected chi connectivity index (χ0v) is 10.1. The second-order valence-corrected chi connectivity index (χ2v) is 3.33. The normalized spacial score (nSPS) is 10.3. The van der Waals surface area contributed by atoms with E-state index in [-0.39, 0.29) is 13.2 Å². The molecule has 0 atom stereocenters. The predicted molar refractivity (Wildman–Crippen MR) is 65.1 cm³/mol. The molecule has 0 radical (unpaired) electrons. The van der Waals surface area contributed by atoms with Crippen LogP contribution in [0, 0.1) is 0 Å². The van der Waals surface area contributed by atoms with Crippen LogP contribution in [0.5, 0.6) is 0 Å². The second kappa shape index (κ2) is 8.03. The number of hydrogen-bond donors (Lipinski definition) is 1. The van der Waals surface area contributed by atoms with Crippen LogP contribution < -0.4 is 5.48 Å². The molecule has 1 amide bonds. The number of nitrogens with one attached hydrogen (secondary N) is 1. The molecule has 18 heavy (non-hydrogen) atoms. The Kier molecular flexibility index (Phi) is 6.21. The molecule has 1 N–H and O–H groups in total. The molecule has 96 valence electrons. The van der Waals surface area contributed by atoms with Crippen LogP contribution in [-0.2, 0) is 25.8 Å². The van der Waals surface area contributed by atoms with Gasteiger partial charge in [0, 0.05) is 12.2 Å². The maximum absolute atomic E-state index is 11.2. The first-order valence-corrected chi connectivity index (χ1v) is 5.53. The molecular weight excluding hydrogens is 234 g/mol. The lowest BCUT2D eigenvalue weighted by Crippen LogP contribution is -2.21. The molecule has 0 spiro atoms. The lowest BCUT2D eigenvalue weighted by Gasteiger charge is -2.03. The van der Waals surface area contributed by atoms with Crippen molar-refractivity contribution in [2.45, 2.75) is 13.5 Å². The van der Waals surface area contributed by atoms with Gasteiger partial charge in [-0.1, -0.05) is 30.3 Å². The fourth-order valence-electron chi connectivity index (χ4n) is 1.13. The number of carbonyl (C=O) groups excluding carboxylic acids is 2. The lowest BCUT2D eigenvalue weighted by molar-refractivity contribution is -0.137. The van der Waals surface area contributed by atoms with E-state index in [1.165, 1.54) is 0 Å². The van der Waals surface area contributed by atoms with Gasteiger partial charge in [-0.3, -0.25) is 9.63 Å². The van der Waals surface area contributed by atoms with Gasteiger partial charge in [-0.25, -0.2) is 10.3 Å². The molecule has 0 unspecified atom stereocenters. The molecule has 0 saturated carbocycles. The van der Waals surface area contributed by atoms with Crippen LogP contribution in [0.1, 0.15) is 12.5 Å². The standard InChI is InChI=1S/C13H15NO4/c1-2-17-13(16)9-8-12(15)14-18-10-11-6-4-3-5-7-11/h3-9H,2,10H2,1H3,(H,14,15)/b9-8+. The third-order valence-corrected chi connectivity index (χ3v) is 1.91. The summed E-state index contributed by atoms with van der Waals surface area (Å²) in [6.07, 6.45) is 2.10. The van der Waals surface area contributed by atoms with E-state index in [0.717, 1.165) is 17.7 Å². The van der Waals surface area contributed by atoms with E-state index in [2.05, 4.69) is 10.2 Å². The molecule has 0 aliphatic carbocycles. The first kappa shape index (κ1) is 13.9. The summed E-state index contributed by atoms with van der Waals surface area (Å²) in [7, 11) is 0. The highest BCUT2D eigenvalue weighted by molar-refractivity contribution is 5.93. The fraction of sp³-hybridized carbons (Fsp3) is 0.231. The van der Waals surface area contributed by atoms with E-state index >= 15 is 0 Å². The van der Waals surface area contributed by atoms with Crippen molar-refractivity contribution < 1.29 is 19.2 Å². The minimum atomic E-state index is -0.560. The van der Waals surface area contributed by atoms with Crippen molar-refractivity contribution in [2.24, 2.45) is 0 Å². The summed E-state index contributed by atoms with van der Waals surface area (Å²) >= 11 is 0. The molecule has 0 aliphatic heterocycles. The Balaban J connectivity index is 2.23. The van der Waals surface area contributed by atoms with E-state index in [9.17, 15) is 9.59 Å². The van der Waals surface area contributed by atoms with E-state index in [0.29, 0.717) is 0 Å². The number of amides is 1. The Labute approximate surface area is 105 Å². The van der Waals surface area contributed by atoms with Crippen molar-refractivity contribution in [1.29, 1.82) is 0 Å². The van der Waals surface area contributed by atoms with Gasteiger partial charge in [0.05, 0.1) is 13.2 Å². The Bertz CT molecular complexity index is 414. The maximum atomic E-state index is 11.2. The number of rotatable bonds is 6. The number of hydroxylamine groups is 1. The van der Waals surface area contributed by atoms with Gasteiger partial charge in [-0.2, -0.15) is 0 Å². The Morgan fingerprint density at radius 2 is 1.94 bits per heavy atom. The highest BCUT2D eigenvalue weighted by Gasteiger charge is 1.99. The van der Waals surface area contributed by atoms with Gasteiger partial charge in [0.1, 0.15) is 0 Å². The van der Waals surface area contributed by atoms with Gasteiger partial charge >= 0.3 is 5.97 Å². The molecule has 5 heteroatoms. The molecule has 1 aromatic carbocycles. The molecule has 0 heterocycles. The van der Waals surface area contributed by atoms with Crippen LogP contribution in [0.2, 0.25) is 0 Å². The largest absolute Gasteiger partial charge is 0.463 e. The number of hydrogen-bond acceptors (Lipinski definition) is 4. The SMILES string of the molecule is CCOC(=O)/C=C/C(=O)NOCc1ccccc1. The van der Waals surface area contributed by atoms with Crippen LogP contribution in [0.4, 0.5) is 0 Å². The van der Waals surface area contributed by atoms with Gasteiger partial charge in [-0.15, -0.1) is 0 Å². The Hall–Kier alpha value is -2.14. The van der Waals surface area contributed by atoms with Crippen LogP contribution >= 0.6 is 0 Å². The summed E-state index contributed by atoms with van der Waals surface area (Å²) in [6.45, 7) is 2.23. The van der Waals surface area contributed by atoms with Gasteiger partial charge in [0.25, 0.3) is 5.91 Å². The minimum Gasteiger partial charge on any atom is -0.463 e. The minimum absolute atomic E-state index is 0.264. The summed E-state index contributed by atoms with van der Waals surface area (Å²) in [5.41, 5.74) is 3.13. The molecule has 5 nitrogen and oxygen atoms in total. The van der Waals surface area contributed by atoms with Crippen molar-refractivity contribution in [3.05, 3.63) is 48.0 Å². The molecule has 0 fully saturated rings. The van der Waals surface area contributed by atoms with Crippen molar-refractivity contribution in [3.8, 4) is 0 Å². The first-order chi connectivity index (χ1) is 8.72. The van der Waals surface area contributed by atoms with Gasteiger partial charge in [0.2, 0.25) is 0 Å². The third kappa shape index (κ3) is 5.81. The highest BCUT2D eigenvalue weighted by atomic mass is 16.6. The Morgan fingerprint density at radius 1 is 1.22 bits per heavy atom. The quantitative estimate of drug-likeness (QED) is 0.469. The molecule has 0 aliphatic rings. The fourth-order valence-corrected chi connectivity index (χ4v) is 1.13. The zero-order chi connectivity index (χ0) is 13.2. The second-order valence-electron chi connectivity index (χ2n) is 3.33. The lowest BCUT2D eigenvalue weighted by atomic mass is 10.2. The van der Waals surface area contributed by atoms with Crippen molar-refractivity contribution in [3.63, 3.8) is 0 Å². The molecule has 0 aromatic heterocycles. The maximum Gasteiger partial charge on any atom is 0.330 e. The van der Waals surface area contributed by atoms with E-state index in [1.54, 1.807) is 6.92 Å². The Morgan fingerprint density at radius 3 is 2.61 bits per heavy atom. The van der Waals surface area contributed by atoms with Gasteiger partial charge in [-0.05, 0) is 12.5 Å². The van der Waals surface area contributed by atoms with Crippen molar-refractivity contribution >= 4 is 11.9 Å². The first-order valence-electron chi connectivity index (χ1n) is 5.53. The summed E-state index contributed by atoms with van der Waals surface area (Å²) < 4.78 is 4.62. The number of benzene rings is 1. The molecular formula is C13H15NO4.